The van der Waals surface area contributed by atoms with Gasteiger partial charge in [0.25, 0.3) is 0 Å². The van der Waals surface area contributed by atoms with Crippen LogP contribution in [0.3, 0.4) is 0 Å². The van der Waals surface area contributed by atoms with Crippen molar-refractivity contribution in [3.63, 3.8) is 0 Å². The molecule has 0 aliphatic rings. The Morgan fingerprint density at radius 2 is 2.33 bits per heavy atom. The van der Waals surface area contributed by atoms with Gasteiger partial charge in [0, 0.05) is 16.4 Å². The molecule has 4 nitrogen and oxygen atoms in total. The average Bonchev–Trinajstić information content (AvgIpc) is 2.68. The fourth-order valence-corrected chi connectivity index (χ4v) is 2.51. The molecule has 2 rings (SSSR count). The summed E-state index contributed by atoms with van der Waals surface area (Å²) in [6, 6.07) is 7.47. The highest BCUT2D eigenvalue weighted by Crippen LogP contribution is 2.22. The van der Waals surface area contributed by atoms with E-state index in [-0.39, 0.29) is 5.69 Å². The molecule has 0 unspecified atom stereocenters. The van der Waals surface area contributed by atoms with E-state index < -0.39 is 5.97 Å². The van der Waals surface area contributed by atoms with E-state index >= 15 is 0 Å². The van der Waals surface area contributed by atoms with Crippen LogP contribution in [-0.4, -0.2) is 16.1 Å². The van der Waals surface area contributed by atoms with Crippen molar-refractivity contribution in [1.82, 2.24) is 4.98 Å². The lowest BCUT2D eigenvalue weighted by Crippen LogP contribution is -2.01. The minimum Gasteiger partial charge on any atom is -0.476 e. The number of nitrogens with zero attached hydrogens (tertiary/aromatic N) is 1. The Hall–Kier alpha value is -1.59. The fraction of sp³-hybridized carbons (Fsp3) is 0.167. The molecule has 0 aliphatic heterocycles. The standard InChI is InChI=1S/C12H11ClN2O2S/c1-7-10(11(16)17)15-12(18-7)14-6-8-3-2-4-9(13)5-8/h2-5H,6H2,1H3,(H,14,15)(H,16,17). The van der Waals surface area contributed by atoms with Gasteiger partial charge < -0.3 is 10.4 Å². The second kappa shape index (κ2) is 5.37. The summed E-state index contributed by atoms with van der Waals surface area (Å²) in [4.78, 5) is 15.6. The van der Waals surface area contributed by atoms with E-state index in [1.54, 1.807) is 13.0 Å². The van der Waals surface area contributed by atoms with Gasteiger partial charge in [-0.05, 0) is 24.6 Å². The lowest BCUT2D eigenvalue weighted by atomic mass is 10.2. The van der Waals surface area contributed by atoms with E-state index in [2.05, 4.69) is 10.3 Å². The van der Waals surface area contributed by atoms with Crippen molar-refractivity contribution in [2.75, 3.05) is 5.32 Å². The van der Waals surface area contributed by atoms with Crippen molar-refractivity contribution in [3.8, 4) is 0 Å². The Labute approximate surface area is 113 Å². The Bertz CT molecular complexity index is 583. The summed E-state index contributed by atoms with van der Waals surface area (Å²) >= 11 is 7.21. The van der Waals surface area contributed by atoms with Gasteiger partial charge in [0.2, 0.25) is 0 Å². The van der Waals surface area contributed by atoms with E-state index in [9.17, 15) is 4.79 Å². The molecular weight excluding hydrogens is 272 g/mol. The maximum atomic E-state index is 10.9. The first-order valence-corrected chi connectivity index (χ1v) is 6.45. The predicted octanol–water partition coefficient (Wildman–Crippen LogP) is 3.42. The van der Waals surface area contributed by atoms with Gasteiger partial charge in [-0.2, -0.15) is 0 Å². The molecule has 0 bridgehead atoms. The third-order valence-electron chi connectivity index (χ3n) is 2.33. The molecule has 0 saturated carbocycles. The molecule has 2 aromatic rings. The zero-order valence-electron chi connectivity index (χ0n) is 9.61. The van der Waals surface area contributed by atoms with Crippen LogP contribution in [-0.2, 0) is 6.54 Å². The third-order valence-corrected chi connectivity index (χ3v) is 3.50. The molecule has 0 fully saturated rings. The number of aryl methyl sites for hydroxylation is 1. The minimum atomic E-state index is -1.00. The molecule has 6 heteroatoms. The van der Waals surface area contributed by atoms with Crippen molar-refractivity contribution in [1.29, 1.82) is 0 Å². The van der Waals surface area contributed by atoms with Crippen LogP contribution in [0.25, 0.3) is 0 Å². The van der Waals surface area contributed by atoms with Crippen molar-refractivity contribution in [3.05, 3.63) is 45.4 Å². The van der Waals surface area contributed by atoms with E-state index in [0.29, 0.717) is 21.6 Å². The zero-order valence-corrected chi connectivity index (χ0v) is 11.2. The molecule has 18 heavy (non-hydrogen) atoms. The number of thiazole rings is 1. The zero-order chi connectivity index (χ0) is 13.1. The van der Waals surface area contributed by atoms with Gasteiger partial charge in [-0.1, -0.05) is 23.7 Å². The number of nitrogens with one attached hydrogen (secondary N) is 1. The Morgan fingerprint density at radius 1 is 1.56 bits per heavy atom. The fourth-order valence-electron chi connectivity index (χ4n) is 1.50. The topological polar surface area (TPSA) is 62.2 Å². The molecule has 1 aromatic heterocycles. The monoisotopic (exact) mass is 282 g/mol. The smallest absolute Gasteiger partial charge is 0.355 e. The SMILES string of the molecule is Cc1sc(NCc2cccc(Cl)c2)nc1C(=O)O. The number of carboxylic acid groups (broad SMARTS) is 1. The third kappa shape index (κ3) is 3.00. The number of halogens is 1. The van der Waals surface area contributed by atoms with Crippen LogP contribution in [0.15, 0.2) is 24.3 Å². The first kappa shape index (κ1) is 12.9. The number of aromatic nitrogens is 1. The number of carboxylic acids is 1. The highest BCUT2D eigenvalue weighted by atomic mass is 35.5. The Kier molecular flexibility index (Phi) is 3.84. The maximum Gasteiger partial charge on any atom is 0.355 e. The van der Waals surface area contributed by atoms with Gasteiger partial charge >= 0.3 is 5.97 Å². The van der Waals surface area contributed by atoms with E-state index in [1.807, 2.05) is 18.2 Å². The molecule has 0 amide bonds. The summed E-state index contributed by atoms with van der Waals surface area (Å²) in [5.74, 6) is -1.00. The van der Waals surface area contributed by atoms with E-state index in [1.165, 1.54) is 11.3 Å². The molecule has 1 aromatic carbocycles. The largest absolute Gasteiger partial charge is 0.476 e. The molecule has 0 spiro atoms. The lowest BCUT2D eigenvalue weighted by Gasteiger charge is -2.02. The number of aromatic carboxylic acids is 1. The number of rotatable bonds is 4. The van der Waals surface area contributed by atoms with Crippen LogP contribution < -0.4 is 5.32 Å². The first-order valence-electron chi connectivity index (χ1n) is 5.25. The number of hydrogen-bond donors (Lipinski definition) is 2. The van der Waals surface area contributed by atoms with Crippen molar-refractivity contribution >= 4 is 34.0 Å². The quantitative estimate of drug-likeness (QED) is 0.902. The normalized spacial score (nSPS) is 10.3. The van der Waals surface area contributed by atoms with Gasteiger partial charge in [0.05, 0.1) is 0 Å². The summed E-state index contributed by atoms with van der Waals surface area (Å²) in [5.41, 5.74) is 1.13. The van der Waals surface area contributed by atoms with Crippen LogP contribution >= 0.6 is 22.9 Å². The maximum absolute atomic E-state index is 10.9. The Balaban J connectivity index is 2.06. The molecule has 1 heterocycles. The van der Waals surface area contributed by atoms with Gasteiger partial charge in [0.1, 0.15) is 0 Å². The van der Waals surface area contributed by atoms with Crippen molar-refractivity contribution in [2.45, 2.75) is 13.5 Å². The summed E-state index contributed by atoms with van der Waals surface area (Å²) in [6.07, 6.45) is 0. The number of carbonyl (C=O) groups is 1. The highest BCUT2D eigenvalue weighted by molar-refractivity contribution is 7.15. The second-order valence-electron chi connectivity index (χ2n) is 3.71. The van der Waals surface area contributed by atoms with E-state index in [4.69, 9.17) is 16.7 Å². The second-order valence-corrected chi connectivity index (χ2v) is 5.35. The predicted molar refractivity (Wildman–Crippen MR) is 72.6 cm³/mol. The van der Waals surface area contributed by atoms with Gasteiger partial charge in [-0.3, -0.25) is 0 Å². The molecule has 0 aliphatic carbocycles. The average molecular weight is 283 g/mol. The van der Waals surface area contributed by atoms with Gasteiger partial charge in [0.15, 0.2) is 10.8 Å². The van der Waals surface area contributed by atoms with Crippen LogP contribution in [0.4, 0.5) is 5.13 Å². The van der Waals surface area contributed by atoms with Crippen LogP contribution in [0.2, 0.25) is 5.02 Å². The lowest BCUT2D eigenvalue weighted by molar-refractivity contribution is 0.0690. The number of anilines is 1. The Morgan fingerprint density at radius 3 is 2.94 bits per heavy atom. The summed E-state index contributed by atoms with van der Waals surface area (Å²) < 4.78 is 0. The van der Waals surface area contributed by atoms with Crippen LogP contribution in [0.1, 0.15) is 20.9 Å². The number of benzene rings is 1. The molecular formula is C12H11ClN2O2S. The minimum absolute atomic E-state index is 0.105. The molecule has 94 valence electrons. The summed E-state index contributed by atoms with van der Waals surface area (Å²) in [6.45, 7) is 2.30. The van der Waals surface area contributed by atoms with Gasteiger partial charge in [-0.15, -0.1) is 11.3 Å². The molecule has 2 N–H and O–H groups in total. The van der Waals surface area contributed by atoms with Crippen molar-refractivity contribution < 1.29 is 9.90 Å². The summed E-state index contributed by atoms with van der Waals surface area (Å²) in [5, 5.41) is 13.3. The molecule has 0 radical (unpaired) electrons. The summed E-state index contributed by atoms with van der Waals surface area (Å²) in [7, 11) is 0. The van der Waals surface area contributed by atoms with Crippen molar-refractivity contribution in [2.24, 2.45) is 0 Å². The number of hydrogen-bond acceptors (Lipinski definition) is 4. The molecule has 0 atom stereocenters. The highest BCUT2D eigenvalue weighted by Gasteiger charge is 2.13. The van der Waals surface area contributed by atoms with Gasteiger partial charge in [-0.25, -0.2) is 9.78 Å². The van der Waals surface area contributed by atoms with E-state index in [0.717, 1.165) is 5.56 Å². The van der Waals surface area contributed by atoms with Crippen LogP contribution in [0, 0.1) is 6.92 Å². The molecule has 0 saturated heterocycles. The first-order chi connectivity index (χ1) is 8.56. The van der Waals surface area contributed by atoms with Crippen LogP contribution in [0.5, 0.6) is 0 Å².